The van der Waals surface area contributed by atoms with E-state index >= 15 is 0 Å². The summed E-state index contributed by atoms with van der Waals surface area (Å²) in [5.74, 6) is -4.94. The fourth-order valence-electron chi connectivity index (χ4n) is 4.38. The van der Waals surface area contributed by atoms with Gasteiger partial charge in [-0.3, -0.25) is 4.79 Å². The largest absolute Gasteiger partial charge is 0.343 e. The Balaban J connectivity index is 2.01. The average Bonchev–Trinajstić information content (AvgIpc) is 2.76. The average molecular weight is 476 g/mol. The number of alkyl halides is 2. The molecular weight excluding hydrogens is 448 g/mol. The fraction of sp³-hybridized carbons (Fsp3) is 0.417. The van der Waals surface area contributed by atoms with Crippen LogP contribution in [0.15, 0.2) is 48.5 Å². The predicted molar refractivity (Wildman–Crippen MR) is 122 cm³/mol. The van der Waals surface area contributed by atoms with E-state index in [9.17, 15) is 22.0 Å². The first-order valence-corrected chi connectivity index (χ1v) is 12.6. The first-order valence-electron chi connectivity index (χ1n) is 10.7. The molecule has 1 aliphatic carbocycles. The van der Waals surface area contributed by atoms with Gasteiger partial charge in [0.15, 0.2) is 0 Å². The van der Waals surface area contributed by atoms with E-state index in [1.54, 1.807) is 0 Å². The second-order valence-electron chi connectivity index (χ2n) is 8.39. The Morgan fingerprint density at radius 1 is 1.21 bits per heavy atom. The molecule has 6 nitrogen and oxygen atoms in total. The first-order chi connectivity index (χ1) is 15.6. The molecule has 3 rings (SSSR count). The van der Waals surface area contributed by atoms with Gasteiger partial charge in [-0.1, -0.05) is 48.5 Å². The van der Waals surface area contributed by atoms with Crippen molar-refractivity contribution >= 4 is 15.9 Å². The fourth-order valence-corrected chi connectivity index (χ4v) is 4.85. The number of benzene rings is 2. The summed E-state index contributed by atoms with van der Waals surface area (Å²) < 4.78 is 53.8. The maximum Gasteiger partial charge on any atom is 0.249 e. The van der Waals surface area contributed by atoms with Gasteiger partial charge in [0.2, 0.25) is 21.9 Å². The zero-order chi connectivity index (χ0) is 24.1. The number of hydrogen-bond acceptors (Lipinski definition) is 4. The molecule has 2 N–H and O–H groups in total. The van der Waals surface area contributed by atoms with Crippen LogP contribution >= 0.6 is 0 Å². The lowest BCUT2D eigenvalue weighted by atomic mass is 9.71. The molecule has 33 heavy (non-hydrogen) atoms. The molecule has 2 aromatic rings. The van der Waals surface area contributed by atoms with Crippen molar-refractivity contribution in [3.8, 4) is 17.2 Å². The highest BCUT2D eigenvalue weighted by molar-refractivity contribution is 7.88. The molecule has 0 saturated heterocycles. The van der Waals surface area contributed by atoms with Crippen molar-refractivity contribution in [3.05, 3.63) is 59.7 Å². The van der Waals surface area contributed by atoms with Crippen molar-refractivity contribution < 1.29 is 22.0 Å². The minimum absolute atomic E-state index is 0.127. The molecule has 176 valence electrons. The number of nitrogens with zero attached hydrogens (tertiary/aromatic N) is 1. The van der Waals surface area contributed by atoms with E-state index in [1.165, 1.54) is 0 Å². The maximum atomic E-state index is 14.3. The smallest absolute Gasteiger partial charge is 0.249 e. The summed E-state index contributed by atoms with van der Waals surface area (Å²) in [6.45, 7) is -0.0336. The molecule has 0 heterocycles. The van der Waals surface area contributed by atoms with Crippen molar-refractivity contribution in [2.45, 2.75) is 37.5 Å². The Labute approximate surface area is 193 Å². The summed E-state index contributed by atoms with van der Waals surface area (Å²) >= 11 is 0. The van der Waals surface area contributed by atoms with Crippen LogP contribution < -0.4 is 10.0 Å². The van der Waals surface area contributed by atoms with Gasteiger partial charge >= 0.3 is 0 Å². The highest BCUT2D eigenvalue weighted by Crippen LogP contribution is 2.47. The normalized spacial score (nSPS) is 20.1. The van der Waals surface area contributed by atoms with Crippen LogP contribution in [0, 0.1) is 17.2 Å². The van der Waals surface area contributed by atoms with E-state index in [0.717, 1.165) is 28.5 Å². The Morgan fingerprint density at radius 2 is 1.94 bits per heavy atom. The minimum atomic E-state index is -3.33. The van der Waals surface area contributed by atoms with Crippen LogP contribution in [0.5, 0.6) is 0 Å². The Bertz CT molecular complexity index is 1130. The molecule has 0 bridgehead atoms. The highest BCUT2D eigenvalue weighted by atomic mass is 32.2. The lowest BCUT2D eigenvalue weighted by Gasteiger charge is -2.36. The van der Waals surface area contributed by atoms with Crippen LogP contribution in [0.4, 0.5) is 8.78 Å². The predicted octanol–water partition coefficient (Wildman–Crippen LogP) is 3.60. The van der Waals surface area contributed by atoms with Crippen LogP contribution in [-0.4, -0.2) is 39.6 Å². The van der Waals surface area contributed by atoms with Gasteiger partial charge in [0.05, 0.1) is 18.2 Å². The molecule has 2 aromatic carbocycles. The maximum absolute atomic E-state index is 14.3. The third-order valence-corrected chi connectivity index (χ3v) is 6.61. The van der Waals surface area contributed by atoms with E-state index in [1.807, 2.05) is 54.6 Å². The zero-order valence-corrected chi connectivity index (χ0v) is 19.2. The Hall–Kier alpha value is -2.83. The Morgan fingerprint density at radius 3 is 2.61 bits per heavy atom. The van der Waals surface area contributed by atoms with Gasteiger partial charge in [0.25, 0.3) is 0 Å². The van der Waals surface area contributed by atoms with Gasteiger partial charge in [-0.25, -0.2) is 21.9 Å². The minimum Gasteiger partial charge on any atom is -0.343 e. The summed E-state index contributed by atoms with van der Waals surface area (Å²) in [4.78, 5) is 12.8. The van der Waals surface area contributed by atoms with Crippen LogP contribution in [0.3, 0.4) is 0 Å². The molecule has 2 unspecified atom stereocenters. The first kappa shape index (κ1) is 24.8. The SMILES string of the molecule is CS(=O)(=O)NCCc1ccc(-c2ccccc2)c(C2CCC(F)(F)CC2C(=O)NCC#N)c1. The van der Waals surface area contributed by atoms with Crippen molar-refractivity contribution in [3.63, 3.8) is 0 Å². The molecule has 0 aromatic heterocycles. The number of carbonyl (C=O) groups is 1. The van der Waals surface area contributed by atoms with E-state index in [0.29, 0.717) is 6.42 Å². The Kier molecular flexibility index (Phi) is 7.82. The van der Waals surface area contributed by atoms with E-state index in [-0.39, 0.29) is 25.9 Å². The number of nitrogens with one attached hydrogen (secondary N) is 2. The van der Waals surface area contributed by atoms with Crippen molar-refractivity contribution in [1.82, 2.24) is 10.0 Å². The third kappa shape index (κ3) is 6.83. The van der Waals surface area contributed by atoms with Crippen molar-refractivity contribution in [2.24, 2.45) is 5.92 Å². The molecule has 1 aliphatic rings. The van der Waals surface area contributed by atoms with E-state index in [2.05, 4.69) is 10.0 Å². The molecule has 1 saturated carbocycles. The van der Waals surface area contributed by atoms with E-state index in [4.69, 9.17) is 5.26 Å². The molecule has 0 aliphatic heterocycles. The van der Waals surface area contributed by atoms with Crippen LogP contribution in [0.25, 0.3) is 11.1 Å². The summed E-state index contributed by atoms with van der Waals surface area (Å²) in [6, 6.07) is 17.0. The second kappa shape index (κ2) is 10.4. The number of nitriles is 1. The quantitative estimate of drug-likeness (QED) is 0.570. The van der Waals surface area contributed by atoms with Gasteiger partial charge in [-0.2, -0.15) is 5.26 Å². The number of halogens is 2. The van der Waals surface area contributed by atoms with Gasteiger partial charge in [0.1, 0.15) is 6.54 Å². The molecule has 0 spiro atoms. The number of amides is 1. The lowest BCUT2D eigenvalue weighted by Crippen LogP contribution is -2.41. The zero-order valence-electron chi connectivity index (χ0n) is 18.4. The van der Waals surface area contributed by atoms with E-state index < -0.39 is 40.1 Å². The third-order valence-electron chi connectivity index (χ3n) is 5.88. The second-order valence-corrected chi connectivity index (χ2v) is 10.2. The lowest BCUT2D eigenvalue weighted by molar-refractivity contribution is -0.133. The number of sulfonamides is 1. The van der Waals surface area contributed by atoms with Crippen molar-refractivity contribution in [2.75, 3.05) is 19.3 Å². The monoisotopic (exact) mass is 475 g/mol. The molecule has 2 atom stereocenters. The molecule has 1 fully saturated rings. The molecule has 0 radical (unpaired) electrons. The number of hydrogen-bond donors (Lipinski definition) is 2. The summed E-state index contributed by atoms with van der Waals surface area (Å²) in [6.07, 6.45) is 0.728. The number of carbonyl (C=O) groups excluding carboxylic acids is 1. The summed E-state index contributed by atoms with van der Waals surface area (Å²) in [5, 5.41) is 11.3. The molecule has 1 amide bonds. The molecule has 9 heteroatoms. The van der Waals surface area contributed by atoms with Gasteiger partial charge in [0, 0.05) is 19.4 Å². The van der Waals surface area contributed by atoms with Crippen LogP contribution in [-0.2, 0) is 21.2 Å². The van der Waals surface area contributed by atoms with Crippen molar-refractivity contribution in [1.29, 1.82) is 5.26 Å². The topological polar surface area (TPSA) is 99.1 Å². The highest BCUT2D eigenvalue weighted by Gasteiger charge is 2.45. The number of rotatable bonds is 8. The standard InChI is InChI=1S/C24H27F2N3O3S/c1-33(31,32)29-13-10-17-7-8-19(18-5-3-2-4-6-18)21(15-17)20-9-11-24(25,26)16-22(20)23(30)28-14-12-27/h2-8,15,20,22,29H,9-11,13-14,16H2,1H3,(H,28,30). The summed E-state index contributed by atoms with van der Waals surface area (Å²) in [7, 11) is -3.33. The summed E-state index contributed by atoms with van der Waals surface area (Å²) in [5.41, 5.74) is 3.38. The molecular formula is C24H27F2N3O3S. The van der Waals surface area contributed by atoms with Gasteiger partial charge < -0.3 is 5.32 Å². The van der Waals surface area contributed by atoms with Crippen LogP contribution in [0.2, 0.25) is 0 Å². The van der Waals surface area contributed by atoms with Gasteiger partial charge in [-0.05, 0) is 41.0 Å². The van der Waals surface area contributed by atoms with Gasteiger partial charge in [-0.15, -0.1) is 0 Å². The van der Waals surface area contributed by atoms with Crippen LogP contribution in [0.1, 0.15) is 36.3 Å².